The van der Waals surface area contributed by atoms with Gasteiger partial charge in [0.05, 0.1) is 6.42 Å². The molecule has 0 atom stereocenters. The largest absolute Gasteiger partial charge is 0.356 e. The van der Waals surface area contributed by atoms with Crippen molar-refractivity contribution in [3.63, 3.8) is 0 Å². The number of benzene rings is 2. The zero-order valence-electron chi connectivity index (χ0n) is 16.5. The first-order valence-corrected chi connectivity index (χ1v) is 10.0. The quantitative estimate of drug-likeness (QED) is 0.797. The molecule has 1 aliphatic heterocycles. The first kappa shape index (κ1) is 19.9. The van der Waals surface area contributed by atoms with E-state index >= 15 is 0 Å². The van der Waals surface area contributed by atoms with Crippen LogP contribution in [0.4, 0.5) is 10.5 Å². The Morgan fingerprint density at radius 3 is 2.36 bits per heavy atom. The predicted molar refractivity (Wildman–Crippen MR) is 112 cm³/mol. The third kappa shape index (κ3) is 6.12. The highest BCUT2D eigenvalue weighted by atomic mass is 16.2. The minimum Gasteiger partial charge on any atom is -0.356 e. The summed E-state index contributed by atoms with van der Waals surface area (Å²) < 4.78 is 0. The molecule has 2 aromatic carbocycles. The van der Waals surface area contributed by atoms with Crippen molar-refractivity contribution < 1.29 is 9.59 Å². The number of amides is 3. The fraction of sp³-hybridized carbons (Fsp3) is 0.391. The first-order valence-electron chi connectivity index (χ1n) is 10.0. The molecule has 28 heavy (non-hydrogen) atoms. The van der Waals surface area contributed by atoms with Crippen LogP contribution < -0.4 is 10.6 Å². The van der Waals surface area contributed by atoms with Gasteiger partial charge in [0.25, 0.3) is 0 Å². The van der Waals surface area contributed by atoms with Gasteiger partial charge in [0.15, 0.2) is 0 Å². The van der Waals surface area contributed by atoms with Gasteiger partial charge >= 0.3 is 6.03 Å². The lowest BCUT2D eigenvalue weighted by Gasteiger charge is -2.32. The van der Waals surface area contributed by atoms with Crippen molar-refractivity contribution >= 4 is 17.6 Å². The molecule has 3 rings (SSSR count). The molecule has 1 aliphatic rings. The second-order valence-electron chi connectivity index (χ2n) is 7.53. The van der Waals surface area contributed by atoms with Gasteiger partial charge < -0.3 is 15.5 Å². The topological polar surface area (TPSA) is 61.4 Å². The van der Waals surface area contributed by atoms with E-state index in [9.17, 15) is 9.59 Å². The summed E-state index contributed by atoms with van der Waals surface area (Å²) in [5.74, 6) is 0.626. The predicted octanol–water partition coefficient (Wildman–Crippen LogP) is 3.99. The number of likely N-dealkylation sites (tertiary alicyclic amines) is 1. The molecule has 0 bridgehead atoms. The van der Waals surface area contributed by atoms with E-state index in [1.807, 2.05) is 66.4 Å². The molecular weight excluding hydrogens is 350 g/mol. The van der Waals surface area contributed by atoms with Crippen LogP contribution >= 0.6 is 0 Å². The third-order valence-corrected chi connectivity index (χ3v) is 5.29. The molecule has 1 fully saturated rings. The van der Waals surface area contributed by atoms with Crippen LogP contribution in [0.2, 0.25) is 0 Å². The van der Waals surface area contributed by atoms with Crippen LogP contribution in [0.5, 0.6) is 0 Å². The van der Waals surface area contributed by atoms with Crippen molar-refractivity contribution in [3.05, 3.63) is 65.7 Å². The molecule has 0 aliphatic carbocycles. The number of carbonyl (C=O) groups is 2. The number of anilines is 1. The lowest BCUT2D eigenvalue weighted by atomic mass is 9.93. The van der Waals surface area contributed by atoms with E-state index in [0.717, 1.165) is 43.6 Å². The van der Waals surface area contributed by atoms with Crippen molar-refractivity contribution in [1.29, 1.82) is 0 Å². The van der Waals surface area contributed by atoms with E-state index in [0.29, 0.717) is 18.9 Å². The summed E-state index contributed by atoms with van der Waals surface area (Å²) in [6.07, 6.45) is 3.36. The summed E-state index contributed by atoms with van der Waals surface area (Å²) in [4.78, 5) is 26.3. The number of nitrogens with one attached hydrogen (secondary N) is 2. The average Bonchev–Trinajstić information content (AvgIpc) is 2.71. The second-order valence-corrected chi connectivity index (χ2v) is 7.53. The lowest BCUT2D eigenvalue weighted by molar-refractivity contribution is -0.120. The van der Waals surface area contributed by atoms with E-state index in [1.54, 1.807) is 0 Å². The van der Waals surface area contributed by atoms with Crippen molar-refractivity contribution in [3.8, 4) is 0 Å². The number of nitrogens with zero attached hydrogens (tertiary/aromatic N) is 1. The van der Waals surface area contributed by atoms with Crippen LogP contribution in [-0.4, -0.2) is 36.5 Å². The minimum atomic E-state index is -0.0292. The van der Waals surface area contributed by atoms with Crippen LogP contribution in [-0.2, 0) is 11.2 Å². The number of rotatable bonds is 6. The standard InChI is InChI=1S/C23H29N3O2/c1-18-7-9-21(10-8-18)25-23(28)26-15-12-19(13-16-26)11-14-24-22(27)17-20-5-3-2-4-6-20/h2-10,19H,11-17H2,1H3,(H,24,27)(H,25,28). The van der Waals surface area contributed by atoms with E-state index in [4.69, 9.17) is 0 Å². The molecule has 0 saturated carbocycles. The highest BCUT2D eigenvalue weighted by molar-refractivity contribution is 5.89. The fourth-order valence-electron chi connectivity index (χ4n) is 3.52. The minimum absolute atomic E-state index is 0.0292. The molecule has 5 nitrogen and oxygen atoms in total. The molecule has 0 aromatic heterocycles. The second kappa shape index (κ2) is 9.93. The van der Waals surface area contributed by atoms with Crippen LogP contribution in [0, 0.1) is 12.8 Å². The Labute approximate surface area is 167 Å². The van der Waals surface area contributed by atoms with Crippen molar-refractivity contribution in [2.24, 2.45) is 5.92 Å². The Balaban J connectivity index is 1.33. The Morgan fingerprint density at radius 1 is 1.00 bits per heavy atom. The molecule has 148 valence electrons. The Morgan fingerprint density at radius 2 is 1.68 bits per heavy atom. The van der Waals surface area contributed by atoms with Gasteiger partial charge in [0, 0.05) is 25.3 Å². The number of aryl methyl sites for hydroxylation is 1. The van der Waals surface area contributed by atoms with E-state index in [-0.39, 0.29) is 11.9 Å². The maximum absolute atomic E-state index is 12.4. The maximum Gasteiger partial charge on any atom is 0.321 e. The third-order valence-electron chi connectivity index (χ3n) is 5.29. The maximum atomic E-state index is 12.4. The molecule has 5 heteroatoms. The van der Waals surface area contributed by atoms with Crippen molar-refractivity contribution in [1.82, 2.24) is 10.2 Å². The Kier molecular flexibility index (Phi) is 7.06. The van der Waals surface area contributed by atoms with Crippen LogP contribution in [0.15, 0.2) is 54.6 Å². The van der Waals surface area contributed by atoms with E-state index in [1.165, 1.54) is 5.56 Å². The molecule has 1 saturated heterocycles. The normalized spacial score (nSPS) is 14.5. The molecule has 0 radical (unpaired) electrons. The van der Waals surface area contributed by atoms with Gasteiger partial charge in [-0.3, -0.25) is 4.79 Å². The molecule has 0 spiro atoms. The zero-order chi connectivity index (χ0) is 19.8. The average molecular weight is 380 g/mol. The van der Waals surface area contributed by atoms with Gasteiger partial charge in [0.2, 0.25) is 5.91 Å². The molecule has 0 unspecified atom stereocenters. The molecular formula is C23H29N3O2. The number of urea groups is 1. The molecule has 2 aromatic rings. The van der Waals surface area contributed by atoms with Crippen molar-refractivity contribution in [2.45, 2.75) is 32.6 Å². The summed E-state index contributed by atoms with van der Waals surface area (Å²) in [6.45, 7) is 4.26. The van der Waals surface area contributed by atoms with Gasteiger partial charge in [-0.05, 0) is 49.8 Å². The van der Waals surface area contributed by atoms with Crippen molar-refractivity contribution in [2.75, 3.05) is 25.0 Å². The highest BCUT2D eigenvalue weighted by Gasteiger charge is 2.22. The van der Waals surface area contributed by atoms with E-state index in [2.05, 4.69) is 10.6 Å². The van der Waals surface area contributed by atoms with E-state index < -0.39 is 0 Å². The number of carbonyl (C=O) groups excluding carboxylic acids is 2. The summed E-state index contributed by atoms with van der Waals surface area (Å²) >= 11 is 0. The Hall–Kier alpha value is -2.82. The molecule has 2 N–H and O–H groups in total. The number of piperidine rings is 1. The summed E-state index contributed by atoms with van der Waals surface area (Å²) in [7, 11) is 0. The van der Waals surface area contributed by atoms with Gasteiger partial charge in [-0.25, -0.2) is 4.79 Å². The van der Waals surface area contributed by atoms with Gasteiger partial charge in [0.1, 0.15) is 0 Å². The van der Waals surface area contributed by atoms with Gasteiger partial charge in [-0.1, -0.05) is 48.0 Å². The van der Waals surface area contributed by atoms with Crippen LogP contribution in [0.1, 0.15) is 30.4 Å². The summed E-state index contributed by atoms with van der Waals surface area (Å²) in [5.41, 5.74) is 3.04. The SMILES string of the molecule is Cc1ccc(NC(=O)N2CCC(CCNC(=O)Cc3ccccc3)CC2)cc1. The first-order chi connectivity index (χ1) is 13.6. The Bertz CT molecular complexity index is 766. The van der Waals surface area contributed by atoms with Gasteiger partial charge in [-0.2, -0.15) is 0 Å². The fourth-order valence-corrected chi connectivity index (χ4v) is 3.52. The highest BCUT2D eigenvalue weighted by Crippen LogP contribution is 2.21. The number of hydrogen-bond donors (Lipinski definition) is 2. The van der Waals surface area contributed by atoms with Gasteiger partial charge in [-0.15, -0.1) is 0 Å². The summed E-state index contributed by atoms with van der Waals surface area (Å²) in [5, 5.41) is 5.98. The summed E-state index contributed by atoms with van der Waals surface area (Å²) in [6, 6.07) is 17.6. The molecule has 3 amide bonds. The number of hydrogen-bond acceptors (Lipinski definition) is 2. The molecule has 1 heterocycles. The van der Waals surface area contributed by atoms with Crippen LogP contribution in [0.25, 0.3) is 0 Å². The smallest absolute Gasteiger partial charge is 0.321 e. The van der Waals surface area contributed by atoms with Crippen LogP contribution in [0.3, 0.4) is 0 Å². The monoisotopic (exact) mass is 379 g/mol. The zero-order valence-corrected chi connectivity index (χ0v) is 16.5. The lowest BCUT2D eigenvalue weighted by Crippen LogP contribution is -2.41.